The Hall–Kier alpha value is -1.42. The molecule has 0 bridgehead atoms. The summed E-state index contributed by atoms with van der Waals surface area (Å²) >= 11 is 17.8. The molecular weight excluding hydrogens is 449 g/mol. The Bertz CT molecular complexity index is 993. The minimum Gasteiger partial charge on any atom is -0.327 e. The van der Waals surface area contributed by atoms with Crippen LogP contribution in [0, 0.1) is 11.6 Å². The molecule has 3 rings (SSSR count). The zero-order valence-electron chi connectivity index (χ0n) is 13.5. The van der Waals surface area contributed by atoms with E-state index in [1.54, 1.807) is 0 Å². The lowest BCUT2D eigenvalue weighted by molar-refractivity contribution is -0.135. The number of anilines is 1. The van der Waals surface area contributed by atoms with Gasteiger partial charge in [0.05, 0.1) is 6.54 Å². The number of carbonyl (C=O) groups excluding carboxylic acids is 2. The Labute approximate surface area is 169 Å². The third-order valence-electron chi connectivity index (χ3n) is 4.51. The number of alkyl halides is 3. The monoisotopic (exact) mass is 458 g/mol. The fourth-order valence-electron chi connectivity index (χ4n) is 2.89. The second kappa shape index (κ2) is 6.58. The summed E-state index contributed by atoms with van der Waals surface area (Å²) in [5.74, 6) is -3.96. The van der Waals surface area contributed by atoms with Gasteiger partial charge in [0.2, 0.25) is 16.2 Å². The fraction of sp³-hybridized carbons (Fsp3) is 0.400. The number of benzene rings is 1. The molecule has 1 aromatic rings. The number of nitrogens with zero attached hydrogens (tertiary/aromatic N) is 2. The first kappa shape index (κ1) is 20.3. The molecule has 1 aliphatic carbocycles. The van der Waals surface area contributed by atoms with E-state index in [0.717, 1.165) is 28.0 Å². The summed E-state index contributed by atoms with van der Waals surface area (Å²) in [7, 11) is -1.63. The second-order valence-corrected chi connectivity index (χ2v) is 9.35. The van der Waals surface area contributed by atoms with Gasteiger partial charge in [0.25, 0.3) is 5.91 Å². The molecular formula is C15H11Cl3F2N2O4S. The van der Waals surface area contributed by atoms with Crippen LogP contribution in [0.25, 0.3) is 0 Å². The van der Waals surface area contributed by atoms with Crippen molar-refractivity contribution in [2.75, 3.05) is 18.5 Å². The molecule has 2 atom stereocenters. The SMILES string of the molecule is CN(C(=O)C1(Cl)CC1(Cl)Cl)C1C(=O)N(c2ccc(F)c(F)c2)CC1=S(=O)=O. The molecule has 0 radical (unpaired) electrons. The van der Waals surface area contributed by atoms with Crippen LogP contribution in [-0.4, -0.2) is 58.8 Å². The van der Waals surface area contributed by atoms with Crippen molar-refractivity contribution in [2.45, 2.75) is 21.7 Å². The molecule has 1 aliphatic heterocycles. The van der Waals surface area contributed by atoms with Crippen molar-refractivity contribution in [1.82, 2.24) is 4.90 Å². The van der Waals surface area contributed by atoms with Crippen LogP contribution < -0.4 is 4.90 Å². The first-order valence-electron chi connectivity index (χ1n) is 7.46. The maximum absolute atomic E-state index is 13.5. The Morgan fingerprint density at radius 1 is 1.26 bits per heavy atom. The summed E-state index contributed by atoms with van der Waals surface area (Å²) in [5.41, 5.74) is -0.0544. The molecule has 2 aliphatic rings. The molecule has 2 fully saturated rings. The van der Waals surface area contributed by atoms with Crippen LogP contribution in [-0.2, 0) is 19.9 Å². The minimum atomic E-state index is -2.83. The molecule has 27 heavy (non-hydrogen) atoms. The highest BCUT2D eigenvalue weighted by molar-refractivity contribution is 7.73. The molecule has 1 saturated carbocycles. The van der Waals surface area contributed by atoms with E-state index in [0.29, 0.717) is 0 Å². The Morgan fingerprint density at radius 3 is 2.33 bits per heavy atom. The molecule has 1 heterocycles. The van der Waals surface area contributed by atoms with Gasteiger partial charge in [0.1, 0.15) is 15.2 Å². The average molecular weight is 460 g/mol. The molecule has 6 nitrogen and oxygen atoms in total. The summed E-state index contributed by atoms with van der Waals surface area (Å²) in [6.07, 6.45) is -0.0720. The lowest BCUT2D eigenvalue weighted by atomic mass is 10.2. The van der Waals surface area contributed by atoms with Gasteiger partial charge in [-0.15, -0.1) is 11.6 Å². The van der Waals surface area contributed by atoms with Crippen molar-refractivity contribution < 1.29 is 26.8 Å². The van der Waals surface area contributed by atoms with Gasteiger partial charge >= 0.3 is 0 Å². The Kier molecular flexibility index (Phi) is 4.95. The van der Waals surface area contributed by atoms with E-state index in [-0.39, 0.29) is 17.0 Å². The van der Waals surface area contributed by atoms with Gasteiger partial charge in [0, 0.05) is 25.2 Å². The number of likely N-dealkylation sites (N-methyl/N-ethyl adjacent to an activating group) is 1. The van der Waals surface area contributed by atoms with Crippen LogP contribution in [0.5, 0.6) is 0 Å². The predicted octanol–water partition coefficient (Wildman–Crippen LogP) is 1.75. The highest BCUT2D eigenvalue weighted by Crippen LogP contribution is 2.62. The molecule has 1 saturated heterocycles. The van der Waals surface area contributed by atoms with Gasteiger partial charge in [0.15, 0.2) is 16.5 Å². The molecule has 0 spiro atoms. The third-order valence-corrected chi connectivity index (χ3v) is 7.02. The van der Waals surface area contributed by atoms with Crippen molar-refractivity contribution in [2.24, 2.45) is 0 Å². The van der Waals surface area contributed by atoms with Crippen LogP contribution in [0.3, 0.4) is 0 Å². The average Bonchev–Trinajstić information content (AvgIpc) is 2.93. The maximum Gasteiger partial charge on any atom is 0.255 e. The van der Waals surface area contributed by atoms with Gasteiger partial charge in [-0.25, -0.2) is 8.78 Å². The zero-order chi connectivity index (χ0) is 20.3. The van der Waals surface area contributed by atoms with Gasteiger partial charge in [-0.2, -0.15) is 8.42 Å². The number of hydrogen-bond donors (Lipinski definition) is 0. The van der Waals surface area contributed by atoms with E-state index in [1.807, 2.05) is 0 Å². The van der Waals surface area contributed by atoms with Crippen LogP contribution >= 0.6 is 34.8 Å². The van der Waals surface area contributed by atoms with E-state index in [9.17, 15) is 26.8 Å². The van der Waals surface area contributed by atoms with E-state index >= 15 is 0 Å². The number of hydrogen-bond acceptors (Lipinski definition) is 4. The van der Waals surface area contributed by atoms with Gasteiger partial charge in [-0.1, -0.05) is 23.2 Å². The maximum atomic E-state index is 13.5. The van der Waals surface area contributed by atoms with Crippen LogP contribution in [0.2, 0.25) is 0 Å². The fourth-order valence-corrected chi connectivity index (χ4v) is 4.60. The summed E-state index contributed by atoms with van der Waals surface area (Å²) in [6.45, 7) is -0.426. The van der Waals surface area contributed by atoms with Crippen LogP contribution in [0.15, 0.2) is 18.2 Å². The predicted molar refractivity (Wildman–Crippen MR) is 96.8 cm³/mol. The number of amides is 2. The highest BCUT2D eigenvalue weighted by Gasteiger charge is 2.72. The standard InChI is InChI=1S/C15H11Cl3F2N2O4S/c1-21(13(24)14(16)6-15(14,17)18)11-10(27(25)26)5-22(12(11)23)7-2-3-8(19)9(20)4-7/h2-4,11H,5-6H2,1H3. The first-order chi connectivity index (χ1) is 12.4. The number of rotatable bonds is 3. The van der Waals surface area contributed by atoms with Crippen LogP contribution in [0.1, 0.15) is 6.42 Å². The minimum absolute atomic E-state index is 0.0544. The van der Waals surface area contributed by atoms with Gasteiger partial charge < -0.3 is 9.80 Å². The largest absolute Gasteiger partial charge is 0.327 e. The van der Waals surface area contributed by atoms with Crippen molar-refractivity contribution in [1.29, 1.82) is 0 Å². The van der Waals surface area contributed by atoms with Gasteiger partial charge in [-0.05, 0) is 12.1 Å². The molecule has 12 heteroatoms. The topological polar surface area (TPSA) is 74.8 Å². The first-order valence-corrected chi connectivity index (χ1v) is 9.67. The summed E-state index contributed by atoms with van der Waals surface area (Å²) < 4.78 is 48.3. The highest BCUT2D eigenvalue weighted by atomic mass is 35.5. The van der Waals surface area contributed by atoms with E-state index in [4.69, 9.17) is 34.8 Å². The number of carbonyl (C=O) groups is 2. The third kappa shape index (κ3) is 3.20. The van der Waals surface area contributed by atoms with Gasteiger partial charge in [-0.3, -0.25) is 9.59 Å². The van der Waals surface area contributed by atoms with Crippen molar-refractivity contribution in [3.8, 4) is 0 Å². The van der Waals surface area contributed by atoms with E-state index in [1.165, 1.54) is 7.05 Å². The molecule has 2 amide bonds. The Balaban J connectivity index is 1.97. The van der Waals surface area contributed by atoms with E-state index < -0.39 is 55.5 Å². The normalized spacial score (nSPS) is 26.3. The van der Waals surface area contributed by atoms with Crippen LogP contribution in [0.4, 0.5) is 14.5 Å². The lowest BCUT2D eigenvalue weighted by Gasteiger charge is -2.26. The molecule has 1 aromatic carbocycles. The zero-order valence-corrected chi connectivity index (χ0v) is 16.6. The Morgan fingerprint density at radius 2 is 1.85 bits per heavy atom. The van der Waals surface area contributed by atoms with E-state index in [2.05, 4.69) is 0 Å². The quantitative estimate of drug-likeness (QED) is 0.510. The summed E-state index contributed by atoms with van der Waals surface area (Å²) in [6, 6.07) is 1.19. The molecule has 0 aromatic heterocycles. The lowest BCUT2D eigenvalue weighted by Crippen LogP contribution is -2.50. The molecule has 146 valence electrons. The van der Waals surface area contributed by atoms with Crippen molar-refractivity contribution >= 4 is 67.5 Å². The molecule has 0 N–H and O–H groups in total. The van der Waals surface area contributed by atoms with Crippen molar-refractivity contribution in [3.05, 3.63) is 29.8 Å². The summed E-state index contributed by atoms with van der Waals surface area (Å²) in [5, 5.41) is 0. The summed E-state index contributed by atoms with van der Waals surface area (Å²) in [4.78, 5) is 25.2. The molecule has 2 unspecified atom stereocenters. The number of halogens is 5. The van der Waals surface area contributed by atoms with Crippen molar-refractivity contribution in [3.63, 3.8) is 0 Å². The smallest absolute Gasteiger partial charge is 0.255 e. The second-order valence-electron chi connectivity index (χ2n) is 6.22.